The molecule has 4 aliphatic rings. The summed E-state index contributed by atoms with van der Waals surface area (Å²) in [6, 6.07) is 18.1. The molecule has 71 heavy (non-hydrogen) atoms. The number of halogens is 4. The molecule has 0 aliphatic carbocycles. The fourth-order valence-electron chi connectivity index (χ4n) is 9.28. The number of carbonyl (C=O) groups excluding carboxylic acids is 3. The van der Waals surface area contributed by atoms with Gasteiger partial charge in [-0.1, -0.05) is 58.5 Å². The number of piperazine rings is 2. The summed E-state index contributed by atoms with van der Waals surface area (Å²) in [5, 5.41) is 21.4. The highest BCUT2D eigenvalue weighted by Gasteiger charge is 2.39. The molecule has 0 radical (unpaired) electrons. The van der Waals surface area contributed by atoms with Gasteiger partial charge in [-0.2, -0.15) is 19.2 Å². The van der Waals surface area contributed by atoms with E-state index in [4.69, 9.17) is 61.1 Å². The minimum atomic E-state index is -0.600. The maximum atomic E-state index is 13.4. The van der Waals surface area contributed by atoms with Gasteiger partial charge in [-0.3, -0.25) is 14.5 Å². The predicted octanol–water partition coefficient (Wildman–Crippen LogP) is 7.75. The van der Waals surface area contributed by atoms with Gasteiger partial charge in [-0.25, -0.2) is 14.8 Å². The number of ether oxygens (including phenoxy) is 1. The molecule has 4 saturated heterocycles. The molecule has 6 aromatic rings. The highest BCUT2D eigenvalue weighted by molar-refractivity contribution is 6.35. The van der Waals surface area contributed by atoms with Crippen molar-refractivity contribution in [2.45, 2.75) is 77.2 Å². The zero-order valence-electron chi connectivity index (χ0n) is 40.0. The van der Waals surface area contributed by atoms with Gasteiger partial charge in [-0.15, -0.1) is 0 Å². The van der Waals surface area contributed by atoms with Gasteiger partial charge >= 0.3 is 6.09 Å². The third kappa shape index (κ3) is 11.9. The normalized spacial score (nSPS) is 18.5. The van der Waals surface area contributed by atoms with E-state index in [0.29, 0.717) is 85.4 Å². The summed E-state index contributed by atoms with van der Waals surface area (Å²) in [6.45, 7) is 13.3. The number of hydrogen-bond acceptors (Lipinski definition) is 13. The lowest BCUT2D eigenvalue weighted by Crippen LogP contribution is -2.55. The standard InChI is InChI=1S/C27H33Cl2N7O3.C22H25Cl2N7O/c1-27(2,3)39-26(38)35-10-4-5-21(35)25(37)34-13-11-33(12-14-34)24-16-23(36-22(32-24)8-9-31-36)30-17-18-6-7-19(28)15-20(18)29;23-16-4-3-15(17(24)12-16)14-26-20-13-21(28-19-5-7-27-31(19)20)29-8-10-30(11-9-29)22(32)18-2-1-6-25-18/h6-9,15-16,21,30H,4-5,10-14,17H2,1-3H3;3-5,7,12-13,18,25-26H,1-2,6,8-11,14H2/t21-;18-/m11/s1. The average molecular weight is 1050 g/mol. The molecule has 0 bridgehead atoms. The molecule has 0 saturated carbocycles. The van der Waals surface area contributed by atoms with Crippen molar-refractivity contribution in [2.24, 2.45) is 0 Å². The van der Waals surface area contributed by atoms with E-state index >= 15 is 0 Å². The fraction of sp³-hybridized carbons (Fsp3) is 0.449. The number of likely N-dealkylation sites (tertiary alicyclic amines) is 1. The van der Waals surface area contributed by atoms with Gasteiger partial charge in [0.1, 0.15) is 34.9 Å². The molecule has 22 heteroatoms. The number of nitrogens with zero attached hydrogens (tertiary/aromatic N) is 11. The molecule has 2 aromatic carbocycles. The molecule has 0 unspecified atom stereocenters. The number of fused-ring (bicyclic) bond motifs is 2. The Bertz CT molecular complexity index is 2870. The summed E-state index contributed by atoms with van der Waals surface area (Å²) in [6.07, 6.45) is 6.48. The second-order valence-corrected chi connectivity index (χ2v) is 20.7. The third-order valence-corrected chi connectivity index (χ3v) is 14.2. The molecular weight excluding hydrogens is 990 g/mol. The average Bonchev–Trinajstić information content (AvgIpc) is 4.21. The van der Waals surface area contributed by atoms with Crippen molar-refractivity contribution in [3.05, 3.63) is 104 Å². The lowest BCUT2D eigenvalue weighted by molar-refractivity contribution is -0.136. The first-order valence-corrected chi connectivity index (χ1v) is 25.5. The summed E-state index contributed by atoms with van der Waals surface area (Å²) in [4.78, 5) is 58.1. The van der Waals surface area contributed by atoms with E-state index in [1.54, 1.807) is 38.5 Å². The maximum absolute atomic E-state index is 13.4. The van der Waals surface area contributed by atoms with E-state index in [1.807, 2.05) is 79.1 Å². The number of amides is 3. The second kappa shape index (κ2) is 21.9. The van der Waals surface area contributed by atoms with Crippen LogP contribution in [-0.2, 0) is 27.4 Å². The number of rotatable bonds is 10. The van der Waals surface area contributed by atoms with Crippen LogP contribution in [0.15, 0.2) is 73.1 Å². The van der Waals surface area contributed by atoms with Gasteiger partial charge < -0.3 is 40.3 Å². The summed E-state index contributed by atoms with van der Waals surface area (Å²) < 4.78 is 9.06. The minimum absolute atomic E-state index is 0.0144. The highest BCUT2D eigenvalue weighted by Crippen LogP contribution is 2.28. The Morgan fingerprint density at radius 3 is 1.62 bits per heavy atom. The highest BCUT2D eigenvalue weighted by atomic mass is 35.5. The topological polar surface area (TPSA) is 173 Å². The zero-order chi connectivity index (χ0) is 49.8. The summed E-state index contributed by atoms with van der Waals surface area (Å²) in [7, 11) is 0. The zero-order valence-corrected chi connectivity index (χ0v) is 43.0. The fourth-order valence-corrected chi connectivity index (χ4v) is 10.2. The first-order chi connectivity index (χ1) is 34.2. The van der Waals surface area contributed by atoms with Crippen LogP contribution < -0.4 is 25.8 Å². The van der Waals surface area contributed by atoms with E-state index in [0.717, 1.165) is 84.6 Å². The lowest BCUT2D eigenvalue weighted by Gasteiger charge is -2.38. The number of aromatic nitrogens is 6. The van der Waals surface area contributed by atoms with Gasteiger partial charge in [-0.05, 0) is 88.4 Å². The molecular formula is C49H58Cl4N14O4. The van der Waals surface area contributed by atoms with Crippen LogP contribution in [0.25, 0.3) is 11.3 Å². The molecule has 0 spiro atoms. The van der Waals surface area contributed by atoms with Gasteiger partial charge in [0.2, 0.25) is 11.8 Å². The SMILES string of the molecule is CC(C)(C)OC(=O)N1CCC[C@@H]1C(=O)N1CCN(c2cc(NCc3ccc(Cl)cc3Cl)n3nccc3n2)CC1.O=C([C@H]1CCCN1)N1CCN(c2cc(NCc3ccc(Cl)cc3Cl)n3nccc3n2)CC1. The largest absolute Gasteiger partial charge is 0.444 e. The van der Waals surface area contributed by atoms with Gasteiger partial charge in [0.15, 0.2) is 11.3 Å². The molecule has 4 aromatic heterocycles. The summed E-state index contributed by atoms with van der Waals surface area (Å²) >= 11 is 24.7. The molecule has 8 heterocycles. The molecule has 4 aliphatic heterocycles. The van der Waals surface area contributed by atoms with Crippen molar-refractivity contribution in [2.75, 3.05) is 85.9 Å². The van der Waals surface area contributed by atoms with Crippen LogP contribution in [0.4, 0.5) is 28.1 Å². The van der Waals surface area contributed by atoms with Crippen molar-refractivity contribution in [1.29, 1.82) is 0 Å². The van der Waals surface area contributed by atoms with Gasteiger partial charge in [0.25, 0.3) is 0 Å². The van der Waals surface area contributed by atoms with Crippen molar-refractivity contribution in [3.8, 4) is 0 Å². The van der Waals surface area contributed by atoms with Gasteiger partial charge in [0.05, 0.1) is 18.4 Å². The van der Waals surface area contributed by atoms with Crippen molar-refractivity contribution in [3.63, 3.8) is 0 Å². The van der Waals surface area contributed by atoms with E-state index in [1.165, 1.54) is 0 Å². The van der Waals surface area contributed by atoms with E-state index in [9.17, 15) is 14.4 Å². The third-order valence-electron chi connectivity index (χ3n) is 13.0. The minimum Gasteiger partial charge on any atom is -0.444 e. The van der Waals surface area contributed by atoms with Crippen LogP contribution in [-0.4, -0.2) is 145 Å². The Morgan fingerprint density at radius 2 is 1.15 bits per heavy atom. The lowest BCUT2D eigenvalue weighted by atomic mass is 10.1. The quantitative estimate of drug-likeness (QED) is 0.122. The number of benzene rings is 2. The van der Waals surface area contributed by atoms with Crippen molar-refractivity contribution >= 4 is 98.9 Å². The van der Waals surface area contributed by atoms with Crippen LogP contribution in [0, 0.1) is 0 Å². The van der Waals surface area contributed by atoms with Crippen LogP contribution in [0.2, 0.25) is 20.1 Å². The molecule has 2 atom stereocenters. The second-order valence-electron chi connectivity index (χ2n) is 19.0. The van der Waals surface area contributed by atoms with E-state index in [2.05, 4.69) is 35.9 Å². The van der Waals surface area contributed by atoms with Crippen LogP contribution in [0.1, 0.15) is 57.6 Å². The van der Waals surface area contributed by atoms with Crippen molar-refractivity contribution in [1.82, 2.24) is 49.2 Å². The molecule has 3 N–H and O–H groups in total. The number of anilines is 4. The number of nitrogens with one attached hydrogen (secondary N) is 3. The summed E-state index contributed by atoms with van der Waals surface area (Å²) in [5.41, 5.74) is 2.74. The summed E-state index contributed by atoms with van der Waals surface area (Å²) in [5.74, 6) is 3.49. The monoisotopic (exact) mass is 1050 g/mol. The van der Waals surface area contributed by atoms with Crippen LogP contribution in [0.3, 0.4) is 0 Å². The van der Waals surface area contributed by atoms with Crippen LogP contribution in [0.5, 0.6) is 0 Å². The maximum Gasteiger partial charge on any atom is 0.410 e. The van der Waals surface area contributed by atoms with Gasteiger partial charge in [0, 0.05) is 116 Å². The Hall–Kier alpha value is -5.79. The Morgan fingerprint density at radius 1 is 0.648 bits per heavy atom. The number of hydrogen-bond donors (Lipinski definition) is 3. The number of carbonyl (C=O) groups is 3. The Labute approximate surface area is 432 Å². The van der Waals surface area contributed by atoms with E-state index < -0.39 is 17.7 Å². The Kier molecular flexibility index (Phi) is 15.5. The van der Waals surface area contributed by atoms with Crippen LogP contribution >= 0.6 is 46.4 Å². The molecule has 10 rings (SSSR count). The Balaban J connectivity index is 0.000000179. The molecule has 376 valence electrons. The first-order valence-electron chi connectivity index (χ1n) is 24.0. The molecule has 4 fully saturated rings. The first kappa shape index (κ1) is 50.2. The molecule has 18 nitrogen and oxygen atoms in total. The van der Waals surface area contributed by atoms with Crippen molar-refractivity contribution < 1.29 is 19.1 Å². The molecule has 3 amide bonds. The predicted molar refractivity (Wildman–Crippen MR) is 278 cm³/mol. The smallest absolute Gasteiger partial charge is 0.410 e. The van der Waals surface area contributed by atoms with E-state index in [-0.39, 0.29) is 17.9 Å².